The van der Waals surface area contributed by atoms with Crippen molar-refractivity contribution in [1.29, 1.82) is 0 Å². The molecule has 2 nitrogen and oxygen atoms in total. The van der Waals surface area contributed by atoms with E-state index in [0.717, 1.165) is 18.6 Å². The molecule has 2 aliphatic carbocycles. The number of halogens is 2. The molecule has 0 amide bonds. The Balaban J connectivity index is 2.12. The molecule has 0 heterocycles. The number of benzene rings is 2. The molecule has 184 valence electrons. The van der Waals surface area contributed by atoms with Gasteiger partial charge in [0.2, 0.25) is 0 Å². The normalized spacial score (nSPS) is 24.6. The Morgan fingerprint density at radius 1 is 0.600 bits per heavy atom. The second-order valence-corrected chi connectivity index (χ2v) is 21.7. The van der Waals surface area contributed by atoms with Crippen molar-refractivity contribution < 1.29 is 26.8 Å². The van der Waals surface area contributed by atoms with Gasteiger partial charge in [-0.05, 0) is 0 Å². The molecule has 0 aromatic heterocycles. The van der Waals surface area contributed by atoms with E-state index in [-0.39, 0.29) is 6.25 Å². The molecule has 0 spiro atoms. The second kappa shape index (κ2) is 9.90. The third-order valence-corrected chi connectivity index (χ3v) is 22.0. The van der Waals surface area contributed by atoms with Crippen LogP contribution in [-0.4, -0.2) is 0 Å². The molecule has 0 aliphatic heterocycles. The SMILES string of the molecule is CC1=C[C](C)([Zr]([O]c2ccccc2I)([O]c2ccccc2I)[C]2(C)C=C(C)C(C)=C2C)C(C)=C1C. The summed E-state index contributed by atoms with van der Waals surface area (Å²) in [6.07, 6.45) is 4.91. The molecule has 5 heteroatoms. The summed E-state index contributed by atoms with van der Waals surface area (Å²) in [6.45, 7) is 18.3. The van der Waals surface area contributed by atoms with Crippen molar-refractivity contribution in [3.8, 4) is 11.5 Å². The topological polar surface area (TPSA) is 18.5 Å². The fourth-order valence-electron chi connectivity index (χ4n) is 5.70. The van der Waals surface area contributed by atoms with Crippen molar-refractivity contribution in [3.05, 3.63) is 101 Å². The summed E-state index contributed by atoms with van der Waals surface area (Å²) >= 11 is 0.372. The van der Waals surface area contributed by atoms with Crippen molar-refractivity contribution in [3.63, 3.8) is 0 Å². The third kappa shape index (κ3) is 4.29. The predicted molar refractivity (Wildman–Crippen MR) is 161 cm³/mol. The van der Waals surface area contributed by atoms with E-state index in [1.807, 2.05) is 0 Å². The molecule has 0 saturated carbocycles. The van der Waals surface area contributed by atoms with Crippen molar-refractivity contribution in [2.45, 2.75) is 61.6 Å². The van der Waals surface area contributed by atoms with E-state index >= 15 is 0 Å². The summed E-state index contributed by atoms with van der Waals surface area (Å²) in [6, 6.07) is 16.7. The van der Waals surface area contributed by atoms with Crippen LogP contribution < -0.4 is 5.63 Å². The third-order valence-electron chi connectivity index (χ3n) is 8.42. The number of hydrogen-bond donors (Lipinski definition) is 0. The molecule has 0 N–H and O–H groups in total. The molecular weight excluding hydrogens is 737 g/mol. The van der Waals surface area contributed by atoms with Crippen LogP contribution in [0.25, 0.3) is 0 Å². The standard InChI is InChI=1S/2C9H13.2C6H5IO.Zr/c2*1-6-5-7(2)9(4)8(6)3;2*7-5-3-1-2-4-6(5)8;/h2*5H,1-4H3;2*1-4,8H;/q;;;;+2/p-2. The number of rotatable bonds is 6. The molecule has 2 aliphatic rings. The van der Waals surface area contributed by atoms with Gasteiger partial charge in [0.1, 0.15) is 0 Å². The molecule has 2 aromatic rings. The average molecular weight is 772 g/mol. The molecule has 4 rings (SSSR count). The number of para-hydroxylation sites is 2. The van der Waals surface area contributed by atoms with Gasteiger partial charge in [-0.15, -0.1) is 0 Å². The van der Waals surface area contributed by atoms with Gasteiger partial charge in [0.15, 0.2) is 0 Å². The first-order valence-corrected chi connectivity index (χ1v) is 18.6. The maximum atomic E-state index is 7.52. The monoisotopic (exact) mass is 770 g/mol. The number of hydrogen-bond acceptors (Lipinski definition) is 2. The summed E-state index contributed by atoms with van der Waals surface area (Å²) in [4.78, 5) is 0. The van der Waals surface area contributed by atoms with Crippen molar-refractivity contribution in [2.75, 3.05) is 0 Å². The summed E-state index contributed by atoms with van der Waals surface area (Å²) < 4.78 is 16.6. The molecular formula is C30H34I2O2Zr. The van der Waals surface area contributed by atoms with E-state index in [1.54, 1.807) is 0 Å². The first-order valence-electron chi connectivity index (χ1n) is 12.0. The van der Waals surface area contributed by atoms with Gasteiger partial charge in [0.05, 0.1) is 0 Å². The first kappa shape index (κ1) is 27.4. The van der Waals surface area contributed by atoms with Crippen molar-refractivity contribution in [1.82, 2.24) is 0 Å². The van der Waals surface area contributed by atoms with Crippen LogP contribution in [0.1, 0.15) is 55.4 Å². The van der Waals surface area contributed by atoms with Gasteiger partial charge in [-0.3, -0.25) is 0 Å². The minimum absolute atomic E-state index is 0.321. The Labute approximate surface area is 243 Å². The summed E-state index contributed by atoms with van der Waals surface area (Å²) in [5.74, 6) is 1.84. The average Bonchev–Trinajstić information content (AvgIpc) is 3.15. The van der Waals surface area contributed by atoms with Crippen LogP contribution in [0.4, 0.5) is 0 Å². The number of allylic oxidation sites excluding steroid dienone is 8. The van der Waals surface area contributed by atoms with E-state index in [0.29, 0.717) is 0 Å². The molecule has 35 heavy (non-hydrogen) atoms. The summed E-state index contributed by atoms with van der Waals surface area (Å²) in [7, 11) is 0. The van der Waals surface area contributed by atoms with Gasteiger partial charge in [-0.2, -0.15) is 0 Å². The zero-order valence-electron chi connectivity index (χ0n) is 21.8. The molecule has 0 radical (unpaired) electrons. The van der Waals surface area contributed by atoms with E-state index in [2.05, 4.69) is 161 Å². The summed E-state index contributed by atoms with van der Waals surface area (Å²) in [5, 5.41) is 0. The van der Waals surface area contributed by atoms with Gasteiger partial charge < -0.3 is 0 Å². The Morgan fingerprint density at radius 2 is 0.943 bits per heavy atom. The maximum absolute atomic E-state index is 7.52. The van der Waals surface area contributed by atoms with E-state index in [1.165, 1.54) is 33.4 Å². The van der Waals surface area contributed by atoms with Crippen LogP contribution in [0.2, 0.25) is 6.25 Å². The van der Waals surface area contributed by atoms with E-state index < -0.39 is 21.1 Å². The van der Waals surface area contributed by atoms with Crippen LogP contribution in [0, 0.1) is 7.14 Å². The van der Waals surface area contributed by atoms with Crippen LogP contribution >= 0.6 is 45.2 Å². The minimum atomic E-state index is -4.42. The zero-order valence-corrected chi connectivity index (χ0v) is 28.6. The Kier molecular flexibility index (Phi) is 7.75. The van der Waals surface area contributed by atoms with Crippen LogP contribution in [0.15, 0.2) is 94.1 Å². The molecule has 0 fully saturated rings. The molecule has 2 unspecified atom stereocenters. The van der Waals surface area contributed by atoms with Crippen LogP contribution in [-0.2, 0) is 21.1 Å². The van der Waals surface area contributed by atoms with E-state index in [9.17, 15) is 0 Å². The fraction of sp³-hybridized carbons (Fsp3) is 0.333. The quantitative estimate of drug-likeness (QED) is 0.273. The van der Waals surface area contributed by atoms with E-state index in [4.69, 9.17) is 5.63 Å². The predicted octanol–water partition coefficient (Wildman–Crippen LogP) is 10.3. The molecule has 2 aromatic carbocycles. The van der Waals surface area contributed by atoms with Crippen LogP contribution in [0.5, 0.6) is 11.5 Å². The van der Waals surface area contributed by atoms with Crippen LogP contribution in [0.3, 0.4) is 0 Å². The Bertz CT molecular complexity index is 1220. The van der Waals surface area contributed by atoms with Crippen molar-refractivity contribution in [2.24, 2.45) is 0 Å². The van der Waals surface area contributed by atoms with Gasteiger partial charge in [-0.25, -0.2) is 0 Å². The van der Waals surface area contributed by atoms with Gasteiger partial charge in [-0.1, -0.05) is 0 Å². The zero-order chi connectivity index (χ0) is 25.8. The fourth-order valence-corrected chi connectivity index (χ4v) is 20.3. The van der Waals surface area contributed by atoms with Gasteiger partial charge in [0, 0.05) is 0 Å². The first-order chi connectivity index (χ1) is 16.4. The molecule has 0 saturated heterocycles. The van der Waals surface area contributed by atoms with Crippen molar-refractivity contribution >= 4 is 45.2 Å². The second-order valence-electron chi connectivity index (χ2n) is 10.2. The molecule has 2 atom stereocenters. The Morgan fingerprint density at radius 3 is 1.23 bits per heavy atom. The van der Waals surface area contributed by atoms with Gasteiger partial charge in [0.25, 0.3) is 0 Å². The summed E-state index contributed by atoms with van der Waals surface area (Å²) in [5.41, 5.74) is 8.09. The molecule has 0 bridgehead atoms. The Hall–Kier alpha value is -0.657. The van der Waals surface area contributed by atoms with Gasteiger partial charge >= 0.3 is 246 Å².